The van der Waals surface area contributed by atoms with Crippen molar-refractivity contribution in [3.8, 4) is 0 Å². The molecule has 1 saturated carbocycles. The number of carbonyl (C=O) groups excluding carboxylic acids is 2. The highest BCUT2D eigenvalue weighted by Gasteiger charge is 2.35. The van der Waals surface area contributed by atoms with Gasteiger partial charge in [-0.15, -0.1) is 0 Å². The third kappa shape index (κ3) is 15.0. The Morgan fingerprint density at radius 3 is 1.71 bits per heavy atom. The maximum Gasteiger partial charge on any atom is 0.220 e. The molecule has 0 aromatic rings. The molecule has 1 fully saturated rings. The predicted octanol–water partition coefficient (Wildman–Crippen LogP) is 8.21. The number of nitrogens with two attached hydrogens (primary N) is 1. The van der Waals surface area contributed by atoms with E-state index < -0.39 is 0 Å². The quantitative estimate of drug-likeness (QED) is 0.154. The van der Waals surface area contributed by atoms with Crippen molar-refractivity contribution in [2.75, 3.05) is 0 Å². The van der Waals surface area contributed by atoms with Crippen molar-refractivity contribution in [1.82, 2.24) is 5.32 Å². The van der Waals surface area contributed by atoms with Crippen LogP contribution in [-0.4, -0.2) is 17.9 Å². The molecular weight excluding hydrogens is 420 g/mol. The van der Waals surface area contributed by atoms with Crippen molar-refractivity contribution in [3.05, 3.63) is 0 Å². The molecule has 0 bridgehead atoms. The first-order valence-electron chi connectivity index (χ1n) is 15.2. The smallest absolute Gasteiger partial charge is 0.220 e. The Morgan fingerprint density at radius 2 is 1.18 bits per heavy atom. The number of hydrogen-bond donors (Lipinski definition) is 2. The number of hydrogen-bond acceptors (Lipinski definition) is 2. The van der Waals surface area contributed by atoms with E-state index in [9.17, 15) is 9.59 Å². The van der Waals surface area contributed by atoms with E-state index in [1.807, 2.05) is 0 Å². The maximum atomic E-state index is 12.6. The lowest BCUT2D eigenvalue weighted by molar-refractivity contribution is -0.127. The van der Waals surface area contributed by atoms with Gasteiger partial charge in [0.25, 0.3) is 0 Å². The van der Waals surface area contributed by atoms with E-state index >= 15 is 0 Å². The van der Waals surface area contributed by atoms with Crippen LogP contribution in [0, 0.1) is 11.8 Å². The second-order valence-corrected chi connectivity index (χ2v) is 11.0. The van der Waals surface area contributed by atoms with Gasteiger partial charge in [-0.25, -0.2) is 0 Å². The minimum atomic E-state index is -0.159. The average molecular weight is 479 g/mol. The van der Waals surface area contributed by atoms with Crippen molar-refractivity contribution in [1.29, 1.82) is 0 Å². The second kappa shape index (κ2) is 21.2. The Bertz CT molecular complexity index is 508. The van der Waals surface area contributed by atoms with Gasteiger partial charge in [-0.2, -0.15) is 0 Å². The fourth-order valence-corrected chi connectivity index (χ4v) is 5.76. The molecule has 2 amide bonds. The molecule has 4 nitrogen and oxygen atoms in total. The van der Waals surface area contributed by atoms with Gasteiger partial charge in [0.15, 0.2) is 0 Å². The van der Waals surface area contributed by atoms with Gasteiger partial charge in [-0.3, -0.25) is 9.59 Å². The molecular formula is C30H58N2O2. The van der Waals surface area contributed by atoms with Crippen molar-refractivity contribution in [3.63, 3.8) is 0 Å². The van der Waals surface area contributed by atoms with Gasteiger partial charge in [0, 0.05) is 18.4 Å². The summed E-state index contributed by atoms with van der Waals surface area (Å²) in [6.45, 7) is 4.51. The fourth-order valence-electron chi connectivity index (χ4n) is 5.76. The number of amides is 2. The highest BCUT2D eigenvalue weighted by atomic mass is 16.2. The fraction of sp³-hybridized carbons (Fsp3) is 0.933. The van der Waals surface area contributed by atoms with E-state index in [2.05, 4.69) is 19.2 Å². The molecule has 1 aliphatic rings. The van der Waals surface area contributed by atoms with Crippen LogP contribution in [0.1, 0.15) is 162 Å². The minimum absolute atomic E-state index is 0.0848. The van der Waals surface area contributed by atoms with Crippen LogP contribution < -0.4 is 11.1 Å². The van der Waals surface area contributed by atoms with E-state index in [0.717, 1.165) is 51.4 Å². The standard InChI is InChI=1S/C30H58N2O2/c1-3-5-7-9-11-13-15-17-19-25-29(33)32-28-24-21-20-22-26(28)27(30(31)34)23-18-16-14-12-10-8-6-4-2/h26-28H,3-25H2,1-2H3,(H2,31,34)(H,32,33). The van der Waals surface area contributed by atoms with Crippen LogP contribution >= 0.6 is 0 Å². The number of unbranched alkanes of at least 4 members (excludes halogenated alkanes) is 15. The number of nitrogens with one attached hydrogen (secondary N) is 1. The zero-order valence-electron chi connectivity index (χ0n) is 22.9. The number of carbonyl (C=O) groups is 2. The van der Waals surface area contributed by atoms with Gasteiger partial charge in [-0.1, -0.05) is 129 Å². The molecule has 0 aliphatic heterocycles. The summed E-state index contributed by atoms with van der Waals surface area (Å²) < 4.78 is 0. The van der Waals surface area contributed by atoms with E-state index in [1.54, 1.807) is 0 Å². The topological polar surface area (TPSA) is 72.2 Å². The zero-order chi connectivity index (χ0) is 24.9. The Hall–Kier alpha value is -1.06. The van der Waals surface area contributed by atoms with Crippen LogP contribution in [0.15, 0.2) is 0 Å². The molecule has 200 valence electrons. The van der Waals surface area contributed by atoms with Crippen molar-refractivity contribution in [2.24, 2.45) is 17.6 Å². The van der Waals surface area contributed by atoms with Crippen LogP contribution in [0.4, 0.5) is 0 Å². The van der Waals surface area contributed by atoms with Crippen molar-refractivity contribution < 1.29 is 9.59 Å². The summed E-state index contributed by atoms with van der Waals surface area (Å²) in [7, 11) is 0. The Morgan fingerprint density at radius 1 is 0.706 bits per heavy atom. The van der Waals surface area contributed by atoms with Gasteiger partial charge < -0.3 is 11.1 Å². The molecule has 4 heteroatoms. The second-order valence-electron chi connectivity index (χ2n) is 11.0. The first-order chi connectivity index (χ1) is 16.6. The van der Waals surface area contributed by atoms with E-state index in [1.165, 1.54) is 89.9 Å². The molecule has 3 atom stereocenters. The first-order valence-corrected chi connectivity index (χ1v) is 15.2. The molecule has 34 heavy (non-hydrogen) atoms. The lowest BCUT2D eigenvalue weighted by Crippen LogP contribution is -2.47. The summed E-state index contributed by atoms with van der Waals surface area (Å²) >= 11 is 0. The monoisotopic (exact) mass is 478 g/mol. The van der Waals surface area contributed by atoms with E-state index in [4.69, 9.17) is 5.73 Å². The average Bonchev–Trinajstić information content (AvgIpc) is 2.82. The SMILES string of the molecule is CCCCCCCCCCCC(=O)NC1CCCCC1C(CCCCCCCCCC)C(N)=O. The highest BCUT2D eigenvalue weighted by Crippen LogP contribution is 2.33. The van der Waals surface area contributed by atoms with E-state index in [-0.39, 0.29) is 29.7 Å². The summed E-state index contributed by atoms with van der Waals surface area (Å²) in [5, 5.41) is 3.31. The van der Waals surface area contributed by atoms with Crippen LogP contribution in [0.5, 0.6) is 0 Å². The Balaban J connectivity index is 2.29. The third-order valence-corrected chi connectivity index (χ3v) is 7.92. The summed E-state index contributed by atoms with van der Waals surface area (Å²) in [5.41, 5.74) is 5.87. The molecule has 0 radical (unpaired) electrons. The van der Waals surface area contributed by atoms with Crippen molar-refractivity contribution >= 4 is 11.8 Å². The molecule has 0 aromatic carbocycles. The molecule has 3 N–H and O–H groups in total. The largest absolute Gasteiger partial charge is 0.369 e. The molecule has 0 heterocycles. The summed E-state index contributed by atoms with van der Waals surface area (Å²) in [4.78, 5) is 25.0. The molecule has 0 saturated heterocycles. The molecule has 0 aromatic heterocycles. The first kappa shape index (κ1) is 31.0. The lowest BCUT2D eigenvalue weighted by Gasteiger charge is -2.36. The van der Waals surface area contributed by atoms with Gasteiger partial charge in [0.1, 0.15) is 0 Å². The highest BCUT2D eigenvalue weighted by molar-refractivity contribution is 5.78. The summed E-state index contributed by atoms with van der Waals surface area (Å²) in [5.74, 6) is 0.157. The zero-order valence-corrected chi connectivity index (χ0v) is 22.9. The molecule has 0 spiro atoms. The van der Waals surface area contributed by atoms with E-state index in [0.29, 0.717) is 6.42 Å². The van der Waals surface area contributed by atoms with Crippen LogP contribution in [0.25, 0.3) is 0 Å². The van der Waals surface area contributed by atoms with Gasteiger partial charge >= 0.3 is 0 Å². The molecule has 1 aliphatic carbocycles. The summed E-state index contributed by atoms with van der Waals surface area (Å²) in [6, 6.07) is 0.131. The third-order valence-electron chi connectivity index (χ3n) is 7.92. The molecule has 3 unspecified atom stereocenters. The number of rotatable bonds is 22. The summed E-state index contributed by atoms with van der Waals surface area (Å²) in [6.07, 6.45) is 27.4. The Kier molecular flexibility index (Phi) is 19.3. The maximum absolute atomic E-state index is 12.6. The predicted molar refractivity (Wildman–Crippen MR) is 146 cm³/mol. The number of primary amides is 1. The van der Waals surface area contributed by atoms with Gasteiger partial charge in [-0.05, 0) is 31.6 Å². The normalized spacial score (nSPS) is 19.1. The van der Waals surface area contributed by atoms with Crippen LogP contribution in [-0.2, 0) is 9.59 Å². The van der Waals surface area contributed by atoms with Gasteiger partial charge in [0.05, 0.1) is 0 Å². The molecule has 1 rings (SSSR count). The van der Waals surface area contributed by atoms with Crippen LogP contribution in [0.2, 0.25) is 0 Å². The van der Waals surface area contributed by atoms with Gasteiger partial charge in [0.2, 0.25) is 11.8 Å². The van der Waals surface area contributed by atoms with Crippen molar-refractivity contribution in [2.45, 2.75) is 168 Å². The van der Waals surface area contributed by atoms with Crippen LogP contribution in [0.3, 0.4) is 0 Å². The Labute approximate surface area is 212 Å². The minimum Gasteiger partial charge on any atom is -0.369 e. The lowest BCUT2D eigenvalue weighted by atomic mass is 9.74.